The topological polar surface area (TPSA) is 54.7 Å². The normalized spacial score (nSPS) is 38.9. The van der Waals surface area contributed by atoms with Gasteiger partial charge in [0.15, 0.2) is 0 Å². The van der Waals surface area contributed by atoms with Crippen LogP contribution in [0.5, 0.6) is 0 Å². The molecule has 20 heavy (non-hydrogen) atoms. The van der Waals surface area contributed by atoms with E-state index < -0.39 is 0 Å². The Morgan fingerprint density at radius 3 is 2.20 bits per heavy atom. The summed E-state index contributed by atoms with van der Waals surface area (Å²) in [6.07, 6.45) is 7.35. The summed E-state index contributed by atoms with van der Waals surface area (Å²) < 4.78 is 0. The van der Waals surface area contributed by atoms with Gasteiger partial charge in [-0.05, 0) is 61.7 Å². The van der Waals surface area contributed by atoms with E-state index in [4.69, 9.17) is 10.8 Å². The molecule has 0 aliphatic heterocycles. The third-order valence-electron chi connectivity index (χ3n) is 6.24. The molecule has 0 saturated heterocycles. The molecule has 0 unspecified atom stereocenters. The Bertz CT molecular complexity index is 474. The van der Waals surface area contributed by atoms with Gasteiger partial charge in [0.1, 0.15) is 0 Å². The van der Waals surface area contributed by atoms with E-state index in [9.17, 15) is 0 Å². The Hall–Kier alpha value is -0.830. The third-order valence-corrected chi connectivity index (χ3v) is 6.24. The lowest BCUT2D eigenvalue weighted by Crippen LogP contribution is -2.44. The number of nitrogens with one attached hydrogen (secondary N) is 1. The summed E-state index contributed by atoms with van der Waals surface area (Å²) >= 11 is 0. The van der Waals surface area contributed by atoms with Gasteiger partial charge in [-0.2, -0.15) is 5.10 Å². The highest BCUT2D eigenvalue weighted by Crippen LogP contribution is 2.60. The zero-order chi connectivity index (χ0) is 13.9. The Labute approximate surface area is 121 Å². The number of aromatic amines is 1. The van der Waals surface area contributed by atoms with Crippen LogP contribution in [0.25, 0.3) is 0 Å². The number of hydrogen-bond acceptors (Lipinski definition) is 2. The maximum atomic E-state index is 5.90. The molecule has 4 aliphatic rings. The first-order valence-corrected chi connectivity index (χ1v) is 8.44. The first-order valence-electron chi connectivity index (χ1n) is 8.44. The molecule has 1 heterocycles. The van der Waals surface area contributed by atoms with E-state index in [1.165, 1.54) is 49.1 Å². The molecule has 0 atom stereocenters. The second-order valence-corrected chi connectivity index (χ2v) is 7.82. The van der Waals surface area contributed by atoms with Crippen molar-refractivity contribution in [2.24, 2.45) is 29.4 Å². The van der Waals surface area contributed by atoms with E-state index in [-0.39, 0.29) is 0 Å². The van der Waals surface area contributed by atoms with E-state index in [0.717, 1.165) is 29.6 Å². The monoisotopic (exact) mass is 273 g/mol. The van der Waals surface area contributed by atoms with Crippen LogP contribution in [0.1, 0.15) is 74.7 Å². The van der Waals surface area contributed by atoms with Crippen LogP contribution in [-0.4, -0.2) is 10.2 Å². The van der Waals surface area contributed by atoms with Gasteiger partial charge in [0.05, 0.1) is 11.4 Å². The number of rotatable bonds is 3. The Morgan fingerprint density at radius 1 is 1.10 bits per heavy atom. The molecule has 0 spiro atoms. The highest BCUT2D eigenvalue weighted by molar-refractivity contribution is 5.33. The second kappa shape index (κ2) is 4.59. The Balaban J connectivity index is 1.73. The maximum Gasteiger partial charge on any atom is 0.0696 e. The van der Waals surface area contributed by atoms with Crippen LogP contribution in [0.2, 0.25) is 0 Å². The molecule has 3 N–H and O–H groups in total. The van der Waals surface area contributed by atoms with Gasteiger partial charge in [0, 0.05) is 18.0 Å². The molecule has 0 radical (unpaired) electrons. The number of aromatic nitrogens is 2. The van der Waals surface area contributed by atoms with Crippen molar-refractivity contribution in [3.8, 4) is 0 Å². The highest BCUT2D eigenvalue weighted by Gasteiger charge is 2.50. The summed E-state index contributed by atoms with van der Waals surface area (Å²) in [5.41, 5.74) is 9.89. The van der Waals surface area contributed by atoms with E-state index in [2.05, 4.69) is 18.9 Å². The molecule has 4 saturated carbocycles. The zero-order valence-electron chi connectivity index (χ0n) is 12.7. The van der Waals surface area contributed by atoms with E-state index in [1.807, 2.05) is 0 Å². The fourth-order valence-corrected chi connectivity index (χ4v) is 5.83. The van der Waals surface area contributed by atoms with Crippen LogP contribution < -0.4 is 5.73 Å². The van der Waals surface area contributed by atoms with Crippen LogP contribution in [0, 0.1) is 23.7 Å². The molecule has 3 nitrogen and oxygen atoms in total. The minimum atomic E-state index is 0.527. The molecular weight excluding hydrogens is 246 g/mol. The number of hydrogen-bond donors (Lipinski definition) is 2. The average molecular weight is 273 g/mol. The molecule has 4 bridgehead atoms. The molecular formula is C17H27N3. The van der Waals surface area contributed by atoms with Crippen molar-refractivity contribution in [2.45, 2.75) is 64.3 Å². The smallest absolute Gasteiger partial charge is 0.0696 e. The van der Waals surface area contributed by atoms with Crippen molar-refractivity contribution in [1.29, 1.82) is 0 Å². The van der Waals surface area contributed by atoms with Gasteiger partial charge in [-0.25, -0.2) is 0 Å². The fraction of sp³-hybridized carbons (Fsp3) is 0.824. The molecule has 1 aromatic heterocycles. The van der Waals surface area contributed by atoms with Crippen molar-refractivity contribution in [3.05, 3.63) is 17.0 Å². The third kappa shape index (κ3) is 1.78. The summed E-state index contributed by atoms with van der Waals surface area (Å²) in [7, 11) is 0. The van der Waals surface area contributed by atoms with Gasteiger partial charge >= 0.3 is 0 Å². The Morgan fingerprint density at radius 2 is 1.70 bits per heavy atom. The summed E-state index contributed by atoms with van der Waals surface area (Å²) in [4.78, 5) is 0. The second-order valence-electron chi connectivity index (χ2n) is 7.82. The zero-order valence-corrected chi connectivity index (χ0v) is 12.7. The SMILES string of the molecule is CC(C)c1c(C2C3CC4CC(C3)CC2C4)n[nH]c1CN. The predicted octanol–water partition coefficient (Wildman–Crippen LogP) is 3.53. The summed E-state index contributed by atoms with van der Waals surface area (Å²) in [5.74, 6) is 5.11. The fourth-order valence-electron chi connectivity index (χ4n) is 5.83. The summed E-state index contributed by atoms with van der Waals surface area (Å²) in [6, 6.07) is 0. The molecule has 110 valence electrons. The van der Waals surface area contributed by atoms with Gasteiger partial charge in [-0.1, -0.05) is 13.8 Å². The molecule has 3 heteroatoms. The minimum absolute atomic E-state index is 0.527. The van der Waals surface area contributed by atoms with Gasteiger partial charge in [0.25, 0.3) is 0 Å². The Kier molecular flexibility index (Phi) is 2.95. The van der Waals surface area contributed by atoms with Crippen LogP contribution in [0.15, 0.2) is 0 Å². The number of nitrogens with two attached hydrogens (primary N) is 1. The first kappa shape index (κ1) is 12.9. The lowest BCUT2D eigenvalue weighted by atomic mass is 9.51. The summed E-state index contributed by atoms with van der Waals surface area (Å²) in [5, 5.41) is 7.99. The van der Waals surface area contributed by atoms with Crippen LogP contribution in [-0.2, 0) is 6.54 Å². The number of H-pyrrole nitrogens is 1. The summed E-state index contributed by atoms with van der Waals surface area (Å²) in [6.45, 7) is 5.15. The van der Waals surface area contributed by atoms with Crippen molar-refractivity contribution < 1.29 is 0 Å². The van der Waals surface area contributed by atoms with Gasteiger partial charge in [-0.3, -0.25) is 5.10 Å². The van der Waals surface area contributed by atoms with Crippen LogP contribution in [0.4, 0.5) is 0 Å². The quantitative estimate of drug-likeness (QED) is 0.885. The largest absolute Gasteiger partial charge is 0.325 e. The lowest BCUT2D eigenvalue weighted by molar-refractivity contribution is -0.00450. The number of nitrogens with zero attached hydrogens (tertiary/aromatic N) is 1. The van der Waals surface area contributed by atoms with Crippen molar-refractivity contribution in [1.82, 2.24) is 10.2 Å². The van der Waals surface area contributed by atoms with Crippen molar-refractivity contribution in [3.63, 3.8) is 0 Å². The average Bonchev–Trinajstić information content (AvgIpc) is 2.81. The molecule has 1 aromatic rings. The molecule has 0 aromatic carbocycles. The lowest BCUT2D eigenvalue weighted by Gasteiger charge is -2.54. The standard InChI is InChI=1S/C17H27N3/c1-9(2)15-14(8-18)19-20-17(15)16-12-4-10-3-11(6-12)7-13(16)5-10/h9-13,16H,3-8,18H2,1-2H3,(H,19,20). The molecule has 4 aliphatic carbocycles. The van der Waals surface area contributed by atoms with Crippen LogP contribution in [0.3, 0.4) is 0 Å². The van der Waals surface area contributed by atoms with Gasteiger partial charge in [-0.15, -0.1) is 0 Å². The first-order chi connectivity index (χ1) is 9.67. The highest BCUT2D eigenvalue weighted by atomic mass is 15.1. The molecule has 4 fully saturated rings. The van der Waals surface area contributed by atoms with Gasteiger partial charge < -0.3 is 5.73 Å². The van der Waals surface area contributed by atoms with Gasteiger partial charge in [0.2, 0.25) is 0 Å². The van der Waals surface area contributed by atoms with E-state index >= 15 is 0 Å². The van der Waals surface area contributed by atoms with Crippen LogP contribution >= 0.6 is 0 Å². The maximum absolute atomic E-state index is 5.90. The van der Waals surface area contributed by atoms with E-state index in [1.54, 1.807) is 0 Å². The molecule has 5 rings (SSSR count). The molecule has 0 amide bonds. The van der Waals surface area contributed by atoms with E-state index in [0.29, 0.717) is 12.5 Å². The minimum Gasteiger partial charge on any atom is -0.325 e. The van der Waals surface area contributed by atoms with Crippen molar-refractivity contribution >= 4 is 0 Å². The van der Waals surface area contributed by atoms with Crippen molar-refractivity contribution in [2.75, 3.05) is 0 Å². The predicted molar refractivity (Wildman–Crippen MR) is 80.4 cm³/mol.